The van der Waals surface area contributed by atoms with Gasteiger partial charge in [-0.05, 0) is 0 Å². The Morgan fingerprint density at radius 2 is 2.10 bits per heavy atom. The molecule has 2 N–H and O–H groups in total. The number of amides is 1. The van der Waals surface area contributed by atoms with Gasteiger partial charge in [-0.15, -0.1) is 0 Å². The first kappa shape index (κ1) is 9.16. The Kier molecular flexibility index (Phi) is 3.71. The van der Waals surface area contributed by atoms with Gasteiger partial charge in [-0.25, -0.2) is 4.79 Å². The zero-order valence-corrected chi connectivity index (χ0v) is 6.81. The van der Waals surface area contributed by atoms with Crippen molar-refractivity contribution in [2.24, 2.45) is 0 Å². The van der Waals surface area contributed by atoms with Crippen LogP contribution in [0.4, 0.5) is 0 Å². The third kappa shape index (κ3) is 3.24. The summed E-state index contributed by atoms with van der Waals surface area (Å²) in [5.74, 6) is -1.58. The van der Waals surface area contributed by atoms with E-state index in [1.165, 1.54) is 6.92 Å². The molecule has 0 fully saturated rings. The lowest BCUT2D eigenvalue weighted by Crippen LogP contribution is -2.24. The van der Waals surface area contributed by atoms with E-state index < -0.39 is 11.9 Å². The van der Waals surface area contributed by atoms with Crippen molar-refractivity contribution in [1.29, 1.82) is 0 Å². The maximum absolute atomic E-state index is 10.3. The van der Waals surface area contributed by atoms with Crippen molar-refractivity contribution in [2.75, 3.05) is 0 Å². The van der Waals surface area contributed by atoms with Crippen LogP contribution in [-0.4, -0.2) is 17.0 Å². The van der Waals surface area contributed by atoms with Crippen molar-refractivity contribution in [3.8, 4) is 0 Å². The molecule has 0 unspecified atom stereocenters. The van der Waals surface area contributed by atoms with Crippen LogP contribution in [0, 0.1) is 0 Å². The average Bonchev–Trinajstić information content (AvgIpc) is 1.81. The Balaban J connectivity index is 4.12. The molecule has 0 atom stereocenters. The molecule has 0 aromatic heterocycles. The van der Waals surface area contributed by atoms with E-state index in [1.54, 1.807) is 0 Å². The lowest BCUT2D eigenvalue weighted by molar-refractivity contribution is -0.134. The van der Waals surface area contributed by atoms with Crippen LogP contribution in [0.1, 0.15) is 6.92 Å². The smallest absolute Gasteiger partial charge is 0.352 e. The molecule has 0 aromatic rings. The van der Waals surface area contributed by atoms with Gasteiger partial charge in [0.1, 0.15) is 5.70 Å². The second-order valence-electron chi connectivity index (χ2n) is 1.51. The summed E-state index contributed by atoms with van der Waals surface area (Å²) in [6.07, 6.45) is 0. The van der Waals surface area contributed by atoms with Gasteiger partial charge in [0.2, 0.25) is 5.91 Å². The second kappa shape index (κ2) is 4.05. The average molecular weight is 208 g/mol. The molecular weight excluding hydrogens is 202 g/mol. The molecule has 0 saturated carbocycles. The monoisotopic (exact) mass is 207 g/mol. The zero-order valence-electron chi connectivity index (χ0n) is 5.22. The Hall–Kier alpha value is -0.840. The molecule has 0 bridgehead atoms. The summed E-state index contributed by atoms with van der Waals surface area (Å²) in [5.41, 5.74) is -0.174. The number of carboxylic acids is 1. The highest BCUT2D eigenvalue weighted by Crippen LogP contribution is 1.93. The molecule has 0 aliphatic carbocycles. The molecule has 4 nitrogen and oxygen atoms in total. The van der Waals surface area contributed by atoms with Gasteiger partial charge < -0.3 is 10.4 Å². The number of hydrogen-bond donors (Lipinski definition) is 2. The van der Waals surface area contributed by atoms with Crippen LogP contribution in [-0.2, 0) is 9.59 Å². The number of carbonyl (C=O) groups is 2. The highest BCUT2D eigenvalue weighted by molar-refractivity contribution is 9.11. The number of carboxylic acid groups (broad SMARTS) is 1. The summed E-state index contributed by atoms with van der Waals surface area (Å²) < 4.78 is 0. The molecule has 0 rings (SSSR count). The van der Waals surface area contributed by atoms with Gasteiger partial charge in [0.15, 0.2) is 0 Å². The fourth-order valence-electron chi connectivity index (χ4n) is 0.317. The lowest BCUT2D eigenvalue weighted by Gasteiger charge is -1.98. The molecule has 5 heteroatoms. The maximum Gasteiger partial charge on any atom is 0.352 e. The Labute approximate surface area is 66.0 Å². The van der Waals surface area contributed by atoms with Crippen LogP contribution in [0.2, 0.25) is 0 Å². The van der Waals surface area contributed by atoms with Gasteiger partial charge in [0, 0.05) is 11.9 Å². The van der Waals surface area contributed by atoms with Crippen molar-refractivity contribution >= 4 is 27.8 Å². The Morgan fingerprint density at radius 3 is 2.20 bits per heavy atom. The predicted octanol–water partition coefficient (Wildman–Crippen LogP) is 0.443. The predicted molar refractivity (Wildman–Crippen MR) is 38.5 cm³/mol. The van der Waals surface area contributed by atoms with Crippen LogP contribution in [0.3, 0.4) is 0 Å². The molecule has 0 saturated heterocycles. The number of hydrogen-bond acceptors (Lipinski definition) is 2. The first-order valence-electron chi connectivity index (χ1n) is 2.39. The molecule has 0 aromatic carbocycles. The first-order chi connectivity index (χ1) is 4.57. The molecule has 1 amide bonds. The van der Waals surface area contributed by atoms with E-state index in [4.69, 9.17) is 5.11 Å². The summed E-state index contributed by atoms with van der Waals surface area (Å²) in [6.45, 7) is 1.24. The zero-order chi connectivity index (χ0) is 8.15. The standard InChI is InChI=1S/C5H6BrNO3/c1-3(8)7-4(2-6)5(9)10/h2H,1H3,(H,7,8)(H,9,10)/b4-2+. The van der Waals surface area contributed by atoms with Gasteiger partial charge >= 0.3 is 5.97 Å². The molecule has 0 aliphatic rings. The van der Waals surface area contributed by atoms with Crippen LogP contribution in [0.5, 0.6) is 0 Å². The van der Waals surface area contributed by atoms with Crippen LogP contribution in [0.25, 0.3) is 0 Å². The van der Waals surface area contributed by atoms with E-state index in [-0.39, 0.29) is 5.70 Å². The Morgan fingerprint density at radius 1 is 1.60 bits per heavy atom. The number of rotatable bonds is 2. The number of aliphatic carboxylic acids is 1. The molecule has 0 radical (unpaired) electrons. The van der Waals surface area contributed by atoms with Crippen molar-refractivity contribution in [1.82, 2.24) is 5.32 Å². The first-order valence-corrected chi connectivity index (χ1v) is 3.30. The van der Waals surface area contributed by atoms with Crippen molar-refractivity contribution in [3.05, 3.63) is 10.7 Å². The second-order valence-corrected chi connectivity index (χ2v) is 1.97. The summed E-state index contributed by atoms with van der Waals surface area (Å²) in [6, 6.07) is 0. The highest BCUT2D eigenvalue weighted by Gasteiger charge is 2.06. The molecule has 0 heterocycles. The summed E-state index contributed by atoms with van der Waals surface area (Å²) in [7, 11) is 0. The Bertz CT molecular complexity index is 187. The van der Waals surface area contributed by atoms with E-state index in [0.29, 0.717) is 0 Å². The lowest BCUT2D eigenvalue weighted by atomic mass is 10.5. The van der Waals surface area contributed by atoms with E-state index in [2.05, 4.69) is 21.2 Å². The molecule has 0 aliphatic heterocycles. The molecule has 0 spiro atoms. The minimum atomic E-state index is -1.17. The normalized spacial score (nSPS) is 10.8. The van der Waals surface area contributed by atoms with Crippen molar-refractivity contribution < 1.29 is 14.7 Å². The van der Waals surface area contributed by atoms with Gasteiger partial charge in [0.25, 0.3) is 0 Å². The summed E-state index contributed by atoms with van der Waals surface area (Å²) in [4.78, 5) is 21.6. The maximum atomic E-state index is 10.3. The fraction of sp³-hybridized carbons (Fsp3) is 0.200. The quantitative estimate of drug-likeness (QED) is 0.647. The van der Waals surface area contributed by atoms with Crippen LogP contribution in [0.15, 0.2) is 10.7 Å². The SMILES string of the molecule is CC(=O)N/C(=C/Br)C(=O)O. The van der Waals surface area contributed by atoms with Crippen molar-refractivity contribution in [2.45, 2.75) is 6.92 Å². The van der Waals surface area contributed by atoms with E-state index in [9.17, 15) is 9.59 Å². The number of carbonyl (C=O) groups excluding carboxylic acids is 1. The van der Waals surface area contributed by atoms with Crippen LogP contribution < -0.4 is 5.32 Å². The number of nitrogens with one attached hydrogen (secondary N) is 1. The summed E-state index contributed by atoms with van der Waals surface area (Å²) in [5, 5.41) is 10.4. The minimum Gasteiger partial charge on any atom is -0.477 e. The molecule has 56 valence electrons. The molecular formula is C5H6BrNO3. The number of halogens is 1. The third-order valence-electron chi connectivity index (χ3n) is 0.650. The topological polar surface area (TPSA) is 66.4 Å². The van der Waals surface area contributed by atoms with Gasteiger partial charge in [-0.3, -0.25) is 4.79 Å². The van der Waals surface area contributed by atoms with Gasteiger partial charge in [-0.1, -0.05) is 15.9 Å². The van der Waals surface area contributed by atoms with Gasteiger partial charge in [0.05, 0.1) is 0 Å². The summed E-state index contributed by atoms with van der Waals surface area (Å²) >= 11 is 2.79. The largest absolute Gasteiger partial charge is 0.477 e. The van der Waals surface area contributed by atoms with E-state index in [1.807, 2.05) is 0 Å². The van der Waals surface area contributed by atoms with Gasteiger partial charge in [-0.2, -0.15) is 0 Å². The van der Waals surface area contributed by atoms with Crippen molar-refractivity contribution in [3.63, 3.8) is 0 Å². The fourth-order valence-corrected chi connectivity index (χ4v) is 0.627. The third-order valence-corrected chi connectivity index (χ3v) is 1.11. The van der Waals surface area contributed by atoms with E-state index in [0.717, 1.165) is 4.99 Å². The molecule has 10 heavy (non-hydrogen) atoms. The van der Waals surface area contributed by atoms with Crippen LogP contribution >= 0.6 is 15.9 Å². The minimum absolute atomic E-state index is 0.174. The van der Waals surface area contributed by atoms with E-state index >= 15 is 0 Å². The highest BCUT2D eigenvalue weighted by atomic mass is 79.9.